The molecule has 1 aromatic heterocycles. The van der Waals surface area contributed by atoms with Gasteiger partial charge in [-0.3, -0.25) is 0 Å². The van der Waals surface area contributed by atoms with Crippen LogP contribution in [-0.2, 0) is 16.6 Å². The summed E-state index contributed by atoms with van der Waals surface area (Å²) in [5.41, 5.74) is 0.799. The molecule has 1 saturated carbocycles. The van der Waals surface area contributed by atoms with Crippen molar-refractivity contribution >= 4 is 21.4 Å². The van der Waals surface area contributed by atoms with E-state index in [1.807, 2.05) is 0 Å². The van der Waals surface area contributed by atoms with E-state index in [1.165, 1.54) is 6.07 Å². The molecular weight excluding hydrogens is 246 g/mol. The zero-order chi connectivity index (χ0) is 11.8. The quantitative estimate of drug-likeness (QED) is 0.840. The third kappa shape index (κ3) is 2.63. The first-order chi connectivity index (χ1) is 7.45. The highest BCUT2D eigenvalue weighted by Crippen LogP contribution is 2.44. The number of rotatable bonds is 5. The van der Waals surface area contributed by atoms with E-state index >= 15 is 0 Å². The molecule has 6 heteroatoms. The fraction of sp³-hybridized carbons (Fsp3) is 0.600. The van der Waals surface area contributed by atoms with Gasteiger partial charge in [0.05, 0.1) is 6.61 Å². The molecule has 0 bridgehead atoms. The van der Waals surface area contributed by atoms with E-state index < -0.39 is 10.0 Å². The van der Waals surface area contributed by atoms with Crippen LogP contribution in [0, 0.1) is 5.41 Å². The number of aliphatic hydroxyl groups excluding tert-OH is 1. The minimum Gasteiger partial charge on any atom is -0.392 e. The van der Waals surface area contributed by atoms with Gasteiger partial charge in [-0.15, -0.1) is 11.3 Å². The number of sulfonamides is 1. The van der Waals surface area contributed by atoms with Gasteiger partial charge >= 0.3 is 0 Å². The van der Waals surface area contributed by atoms with Crippen molar-refractivity contribution in [1.29, 1.82) is 0 Å². The summed E-state index contributed by atoms with van der Waals surface area (Å²) in [7, 11) is -3.39. The normalized spacial score (nSPS) is 18.6. The van der Waals surface area contributed by atoms with Crippen molar-refractivity contribution in [2.45, 2.75) is 30.6 Å². The van der Waals surface area contributed by atoms with Gasteiger partial charge in [-0.25, -0.2) is 13.1 Å². The topological polar surface area (TPSA) is 66.4 Å². The molecule has 1 fully saturated rings. The van der Waals surface area contributed by atoms with E-state index in [4.69, 9.17) is 5.11 Å². The Balaban J connectivity index is 2.06. The highest BCUT2D eigenvalue weighted by atomic mass is 32.2. The zero-order valence-corrected chi connectivity index (χ0v) is 10.7. The first-order valence-corrected chi connectivity index (χ1v) is 7.49. The maximum absolute atomic E-state index is 11.9. The van der Waals surface area contributed by atoms with Crippen LogP contribution in [-0.4, -0.2) is 20.1 Å². The molecule has 0 radical (unpaired) electrons. The summed E-state index contributed by atoms with van der Waals surface area (Å²) in [5, 5.41) is 10.5. The van der Waals surface area contributed by atoms with Crippen LogP contribution in [0.1, 0.15) is 25.3 Å². The van der Waals surface area contributed by atoms with Crippen LogP contribution in [0.4, 0.5) is 0 Å². The molecule has 0 saturated heterocycles. The van der Waals surface area contributed by atoms with Crippen LogP contribution in [0.2, 0.25) is 0 Å². The Kier molecular flexibility index (Phi) is 3.09. The van der Waals surface area contributed by atoms with E-state index in [0.717, 1.165) is 24.2 Å². The van der Waals surface area contributed by atoms with Crippen molar-refractivity contribution in [3.63, 3.8) is 0 Å². The second kappa shape index (κ2) is 4.10. The molecule has 2 N–H and O–H groups in total. The van der Waals surface area contributed by atoms with Gasteiger partial charge in [0.2, 0.25) is 10.0 Å². The largest absolute Gasteiger partial charge is 0.392 e. The maximum atomic E-state index is 11.9. The average molecular weight is 261 g/mol. The molecule has 4 nitrogen and oxygen atoms in total. The van der Waals surface area contributed by atoms with E-state index in [2.05, 4.69) is 11.6 Å². The lowest BCUT2D eigenvalue weighted by Gasteiger charge is -2.09. The molecule has 0 amide bonds. The Labute approximate surface area is 99.4 Å². The molecule has 1 aromatic rings. The second-order valence-corrected chi connectivity index (χ2v) is 7.47. The first-order valence-electron chi connectivity index (χ1n) is 5.13. The molecular formula is C10H15NO3S2. The fourth-order valence-corrected chi connectivity index (χ4v) is 3.75. The van der Waals surface area contributed by atoms with Crippen LogP contribution < -0.4 is 4.72 Å². The number of aliphatic hydroxyl groups is 1. The molecule has 0 aliphatic heterocycles. The Morgan fingerprint density at radius 3 is 2.75 bits per heavy atom. The van der Waals surface area contributed by atoms with Gasteiger partial charge in [0.1, 0.15) is 4.21 Å². The summed E-state index contributed by atoms with van der Waals surface area (Å²) in [4.78, 5) is 0. The van der Waals surface area contributed by atoms with Crippen LogP contribution >= 0.6 is 11.3 Å². The average Bonchev–Trinajstić information content (AvgIpc) is 2.81. The fourth-order valence-electron chi connectivity index (χ4n) is 1.31. The van der Waals surface area contributed by atoms with E-state index in [9.17, 15) is 8.42 Å². The van der Waals surface area contributed by atoms with Crippen molar-refractivity contribution in [1.82, 2.24) is 4.72 Å². The van der Waals surface area contributed by atoms with Crippen molar-refractivity contribution in [2.75, 3.05) is 6.54 Å². The predicted molar refractivity (Wildman–Crippen MR) is 62.8 cm³/mol. The van der Waals surface area contributed by atoms with Crippen LogP contribution in [0.15, 0.2) is 15.7 Å². The molecule has 1 aliphatic carbocycles. The summed E-state index contributed by atoms with van der Waals surface area (Å²) < 4.78 is 26.6. The molecule has 0 atom stereocenters. The van der Waals surface area contributed by atoms with Gasteiger partial charge in [-0.2, -0.15) is 0 Å². The van der Waals surface area contributed by atoms with Crippen LogP contribution in [0.3, 0.4) is 0 Å². The van der Waals surface area contributed by atoms with Gasteiger partial charge in [0, 0.05) is 6.54 Å². The molecule has 16 heavy (non-hydrogen) atoms. The van der Waals surface area contributed by atoms with Gasteiger partial charge < -0.3 is 5.11 Å². The maximum Gasteiger partial charge on any atom is 0.250 e. The van der Waals surface area contributed by atoms with Gasteiger partial charge in [0.25, 0.3) is 0 Å². The van der Waals surface area contributed by atoms with Gasteiger partial charge in [-0.1, -0.05) is 6.92 Å². The molecule has 1 heterocycles. The summed E-state index contributed by atoms with van der Waals surface area (Å²) >= 11 is 1.14. The Morgan fingerprint density at radius 2 is 2.25 bits per heavy atom. The summed E-state index contributed by atoms with van der Waals surface area (Å²) in [6.45, 7) is 2.45. The van der Waals surface area contributed by atoms with Crippen LogP contribution in [0.25, 0.3) is 0 Å². The summed E-state index contributed by atoms with van der Waals surface area (Å²) in [6, 6.07) is 1.52. The Hall–Kier alpha value is -0.430. The second-order valence-electron chi connectivity index (χ2n) is 4.57. The van der Waals surface area contributed by atoms with Crippen molar-refractivity contribution in [2.24, 2.45) is 5.41 Å². The molecule has 1 aliphatic rings. The number of hydrogen-bond donors (Lipinski definition) is 2. The van der Waals surface area contributed by atoms with Gasteiger partial charge in [-0.05, 0) is 35.3 Å². The number of nitrogens with one attached hydrogen (secondary N) is 1. The SMILES string of the molecule is CC1(CNS(=O)(=O)c2cc(CO)cs2)CC1. The molecule has 0 aromatic carbocycles. The lowest BCUT2D eigenvalue weighted by molar-refractivity contribution is 0.282. The summed E-state index contributed by atoms with van der Waals surface area (Å²) in [5.74, 6) is 0. The highest BCUT2D eigenvalue weighted by molar-refractivity contribution is 7.91. The highest BCUT2D eigenvalue weighted by Gasteiger charge is 2.38. The predicted octanol–water partition coefficient (Wildman–Crippen LogP) is 1.32. The monoisotopic (exact) mass is 261 g/mol. The van der Waals surface area contributed by atoms with E-state index in [0.29, 0.717) is 12.1 Å². The van der Waals surface area contributed by atoms with E-state index in [1.54, 1.807) is 5.38 Å². The summed E-state index contributed by atoms with van der Waals surface area (Å²) in [6.07, 6.45) is 2.17. The van der Waals surface area contributed by atoms with E-state index in [-0.39, 0.29) is 16.2 Å². The van der Waals surface area contributed by atoms with Crippen LogP contribution in [0.5, 0.6) is 0 Å². The minimum absolute atomic E-state index is 0.121. The lowest BCUT2D eigenvalue weighted by atomic mass is 10.2. The molecule has 0 unspecified atom stereocenters. The van der Waals surface area contributed by atoms with Gasteiger partial charge in [0.15, 0.2) is 0 Å². The third-order valence-corrected chi connectivity index (χ3v) is 5.76. The van der Waals surface area contributed by atoms with Crippen molar-refractivity contribution in [3.8, 4) is 0 Å². The smallest absolute Gasteiger partial charge is 0.250 e. The third-order valence-electron chi connectivity index (χ3n) is 2.87. The Bertz CT molecular complexity index is 474. The van der Waals surface area contributed by atoms with Crippen molar-refractivity contribution < 1.29 is 13.5 Å². The molecule has 90 valence electrons. The number of hydrogen-bond acceptors (Lipinski definition) is 4. The minimum atomic E-state index is -3.39. The molecule has 0 spiro atoms. The Morgan fingerprint density at radius 1 is 1.56 bits per heavy atom. The van der Waals surface area contributed by atoms with Crippen molar-refractivity contribution in [3.05, 3.63) is 17.0 Å². The molecule has 2 rings (SSSR count). The number of thiophene rings is 1. The lowest BCUT2D eigenvalue weighted by Crippen LogP contribution is -2.28. The zero-order valence-electron chi connectivity index (χ0n) is 9.06. The standard InChI is InChI=1S/C10H15NO3S2/c1-10(2-3-10)7-11-16(13,14)9-4-8(5-12)6-15-9/h4,6,11-12H,2-3,5,7H2,1H3. The first kappa shape index (κ1) is 12.0.